The number of aromatic nitrogens is 2. The van der Waals surface area contributed by atoms with Crippen LogP contribution in [0.25, 0.3) is 0 Å². The third-order valence-electron chi connectivity index (χ3n) is 2.54. The molecule has 2 rings (SSSR count). The van der Waals surface area contributed by atoms with Crippen molar-refractivity contribution in [1.29, 1.82) is 0 Å². The summed E-state index contributed by atoms with van der Waals surface area (Å²) in [6.45, 7) is 6.21. The van der Waals surface area contributed by atoms with Gasteiger partial charge in [-0.05, 0) is 6.92 Å². The molecule has 0 saturated carbocycles. The molecule has 0 amide bonds. The van der Waals surface area contributed by atoms with Crippen LogP contribution in [0, 0.1) is 6.92 Å². The van der Waals surface area contributed by atoms with E-state index in [4.69, 9.17) is 4.74 Å². The fraction of sp³-hybridized carbons (Fsp3) is 0.600. The van der Waals surface area contributed by atoms with E-state index in [0.717, 1.165) is 38.5 Å². The molecular formula is C10H16N3O2+. The molecule has 15 heavy (non-hydrogen) atoms. The van der Waals surface area contributed by atoms with Gasteiger partial charge < -0.3 is 14.6 Å². The van der Waals surface area contributed by atoms with E-state index < -0.39 is 0 Å². The third-order valence-corrected chi connectivity index (χ3v) is 2.54. The first-order valence-corrected chi connectivity index (χ1v) is 5.22. The van der Waals surface area contributed by atoms with Crippen LogP contribution >= 0.6 is 0 Å². The summed E-state index contributed by atoms with van der Waals surface area (Å²) in [5.41, 5.74) is 0.804. The van der Waals surface area contributed by atoms with E-state index in [9.17, 15) is 4.79 Å². The average molecular weight is 210 g/mol. The number of nitrogens with zero attached hydrogens (tertiary/aromatic N) is 1. The van der Waals surface area contributed by atoms with Crippen molar-refractivity contribution in [1.82, 2.24) is 9.97 Å². The van der Waals surface area contributed by atoms with Gasteiger partial charge in [-0.25, -0.2) is 4.98 Å². The number of nitrogens with one attached hydrogen (secondary N) is 2. The van der Waals surface area contributed by atoms with E-state index in [1.165, 1.54) is 4.90 Å². The summed E-state index contributed by atoms with van der Waals surface area (Å²) in [4.78, 5) is 19.6. The molecule has 1 aliphatic rings. The van der Waals surface area contributed by atoms with E-state index in [-0.39, 0.29) is 5.56 Å². The van der Waals surface area contributed by atoms with Gasteiger partial charge in [-0.15, -0.1) is 0 Å². The van der Waals surface area contributed by atoms with Crippen molar-refractivity contribution in [2.24, 2.45) is 0 Å². The lowest BCUT2D eigenvalue weighted by atomic mass is 10.3. The van der Waals surface area contributed by atoms with Crippen LogP contribution in [0.1, 0.15) is 11.5 Å². The number of aromatic amines is 1. The van der Waals surface area contributed by atoms with Gasteiger partial charge in [0, 0.05) is 6.07 Å². The molecule has 0 aromatic carbocycles. The van der Waals surface area contributed by atoms with Crippen LogP contribution in [-0.4, -0.2) is 36.3 Å². The van der Waals surface area contributed by atoms with E-state index >= 15 is 0 Å². The molecule has 5 nitrogen and oxygen atoms in total. The van der Waals surface area contributed by atoms with Crippen molar-refractivity contribution in [3.05, 3.63) is 27.9 Å². The number of hydrogen-bond donors (Lipinski definition) is 2. The highest BCUT2D eigenvalue weighted by atomic mass is 16.5. The summed E-state index contributed by atoms with van der Waals surface area (Å²) in [7, 11) is 0. The number of morpholine rings is 1. The predicted molar refractivity (Wildman–Crippen MR) is 54.8 cm³/mol. The summed E-state index contributed by atoms with van der Waals surface area (Å²) in [5.74, 6) is 0.685. The largest absolute Gasteiger partial charge is 0.370 e. The molecule has 0 bridgehead atoms. The molecule has 2 heterocycles. The first kappa shape index (κ1) is 10.3. The monoisotopic (exact) mass is 210 g/mol. The quantitative estimate of drug-likeness (QED) is 0.624. The van der Waals surface area contributed by atoms with Crippen LogP contribution in [0.3, 0.4) is 0 Å². The van der Waals surface area contributed by atoms with Crippen LogP contribution in [0.5, 0.6) is 0 Å². The van der Waals surface area contributed by atoms with Crippen molar-refractivity contribution >= 4 is 0 Å². The van der Waals surface area contributed by atoms with E-state index in [0.29, 0.717) is 5.82 Å². The minimum Gasteiger partial charge on any atom is -0.370 e. The highest BCUT2D eigenvalue weighted by molar-refractivity contribution is 5.00. The molecule has 0 atom stereocenters. The zero-order chi connectivity index (χ0) is 10.7. The van der Waals surface area contributed by atoms with Crippen LogP contribution in [0.15, 0.2) is 10.9 Å². The molecule has 0 spiro atoms. The number of rotatable bonds is 2. The van der Waals surface area contributed by atoms with Gasteiger partial charge in [0.25, 0.3) is 5.56 Å². The Bertz CT molecular complexity index is 382. The Labute approximate surface area is 88.1 Å². The van der Waals surface area contributed by atoms with Crippen LogP contribution in [0.2, 0.25) is 0 Å². The summed E-state index contributed by atoms with van der Waals surface area (Å²) >= 11 is 0. The maximum Gasteiger partial charge on any atom is 0.251 e. The van der Waals surface area contributed by atoms with Crippen molar-refractivity contribution < 1.29 is 9.64 Å². The summed E-state index contributed by atoms with van der Waals surface area (Å²) in [6, 6.07) is 1.58. The lowest BCUT2D eigenvalue weighted by molar-refractivity contribution is -0.921. The molecule has 0 aliphatic carbocycles. The lowest BCUT2D eigenvalue weighted by Gasteiger charge is -2.23. The minimum atomic E-state index is -0.0647. The Morgan fingerprint density at radius 3 is 2.93 bits per heavy atom. The van der Waals surface area contributed by atoms with Crippen molar-refractivity contribution in [2.75, 3.05) is 26.3 Å². The summed E-state index contributed by atoms with van der Waals surface area (Å²) in [6.07, 6.45) is 0. The molecule has 1 aromatic rings. The fourth-order valence-electron chi connectivity index (χ4n) is 1.82. The first-order chi connectivity index (χ1) is 7.24. The van der Waals surface area contributed by atoms with Gasteiger partial charge in [-0.2, -0.15) is 0 Å². The summed E-state index contributed by atoms with van der Waals surface area (Å²) in [5, 5.41) is 0. The predicted octanol–water partition coefficient (Wildman–Crippen LogP) is -1.51. The van der Waals surface area contributed by atoms with E-state index in [2.05, 4.69) is 9.97 Å². The molecule has 5 heteroatoms. The second-order valence-electron chi connectivity index (χ2n) is 3.86. The van der Waals surface area contributed by atoms with Gasteiger partial charge in [-0.3, -0.25) is 4.79 Å². The first-order valence-electron chi connectivity index (χ1n) is 5.22. The number of quaternary nitrogens is 1. The summed E-state index contributed by atoms with van der Waals surface area (Å²) < 4.78 is 5.28. The Hall–Kier alpha value is -1.20. The van der Waals surface area contributed by atoms with E-state index in [1.807, 2.05) is 0 Å². The maximum atomic E-state index is 11.2. The topological polar surface area (TPSA) is 59.4 Å². The fourth-order valence-corrected chi connectivity index (χ4v) is 1.82. The molecule has 1 fully saturated rings. The third kappa shape index (κ3) is 2.87. The number of hydrogen-bond acceptors (Lipinski definition) is 3. The van der Waals surface area contributed by atoms with Crippen molar-refractivity contribution in [2.45, 2.75) is 13.5 Å². The molecular weight excluding hydrogens is 194 g/mol. The molecule has 1 aromatic heterocycles. The Morgan fingerprint density at radius 1 is 1.53 bits per heavy atom. The standard InChI is InChI=1S/C10H15N3O2/c1-8-11-9(6-10(14)12-8)7-13-2-4-15-5-3-13/h6H,2-5,7H2,1H3,(H,11,12,14)/p+1. The molecule has 0 unspecified atom stereocenters. The zero-order valence-electron chi connectivity index (χ0n) is 8.88. The highest BCUT2D eigenvalue weighted by Gasteiger charge is 2.15. The van der Waals surface area contributed by atoms with Gasteiger partial charge in [0.2, 0.25) is 0 Å². The smallest absolute Gasteiger partial charge is 0.251 e. The number of ether oxygens (including phenoxy) is 1. The molecule has 1 saturated heterocycles. The molecule has 0 radical (unpaired) electrons. The normalized spacial score (nSPS) is 17.9. The maximum absolute atomic E-state index is 11.2. The molecule has 82 valence electrons. The van der Waals surface area contributed by atoms with Crippen LogP contribution in [-0.2, 0) is 11.3 Å². The Kier molecular flexibility index (Phi) is 3.13. The van der Waals surface area contributed by atoms with Crippen molar-refractivity contribution in [3.63, 3.8) is 0 Å². The number of H-pyrrole nitrogens is 1. The molecule has 1 aliphatic heterocycles. The van der Waals surface area contributed by atoms with Gasteiger partial charge >= 0.3 is 0 Å². The number of aryl methyl sites for hydroxylation is 1. The lowest BCUT2D eigenvalue weighted by Crippen LogP contribution is -3.12. The highest BCUT2D eigenvalue weighted by Crippen LogP contribution is 1.88. The minimum absolute atomic E-state index is 0.0647. The second kappa shape index (κ2) is 4.55. The van der Waals surface area contributed by atoms with Gasteiger partial charge in [-0.1, -0.05) is 0 Å². The Morgan fingerprint density at radius 2 is 2.27 bits per heavy atom. The Balaban J connectivity index is 2.06. The van der Waals surface area contributed by atoms with Gasteiger partial charge in [0.1, 0.15) is 31.2 Å². The van der Waals surface area contributed by atoms with E-state index in [1.54, 1.807) is 13.0 Å². The van der Waals surface area contributed by atoms with Crippen molar-refractivity contribution in [3.8, 4) is 0 Å². The molecule has 2 N–H and O–H groups in total. The van der Waals surface area contributed by atoms with Crippen LogP contribution in [0.4, 0.5) is 0 Å². The zero-order valence-corrected chi connectivity index (χ0v) is 8.88. The van der Waals surface area contributed by atoms with Gasteiger partial charge in [0.05, 0.1) is 13.2 Å². The second-order valence-corrected chi connectivity index (χ2v) is 3.86. The average Bonchev–Trinajstić information content (AvgIpc) is 2.17. The SMILES string of the molecule is Cc1nc(C[NH+]2CCOCC2)cc(=O)[nH]1. The van der Waals surface area contributed by atoms with Crippen LogP contribution < -0.4 is 10.5 Å². The van der Waals surface area contributed by atoms with Gasteiger partial charge in [0.15, 0.2) is 0 Å².